The fraction of sp³-hybridized carbons (Fsp3) is 0.462. The van der Waals surface area contributed by atoms with E-state index in [0.717, 1.165) is 11.1 Å². The van der Waals surface area contributed by atoms with Crippen molar-refractivity contribution < 1.29 is 18.3 Å². The molecule has 0 aromatic heterocycles. The van der Waals surface area contributed by atoms with Crippen molar-refractivity contribution >= 4 is 15.8 Å². The van der Waals surface area contributed by atoms with E-state index >= 15 is 0 Å². The van der Waals surface area contributed by atoms with Gasteiger partial charge in [0.05, 0.1) is 12.2 Å². The standard InChI is InChI=1S/C13H19NO4S/c1-10(9-19(2,17)18)14-8-12-5-3-11(4-6-12)7-13(15)16/h3-6,10,14H,7-9H2,1-2H3,(H,15,16). The molecule has 19 heavy (non-hydrogen) atoms. The number of nitrogens with one attached hydrogen (secondary N) is 1. The van der Waals surface area contributed by atoms with Crippen molar-refractivity contribution in [2.24, 2.45) is 0 Å². The molecule has 1 aromatic rings. The average Bonchev–Trinajstić information content (AvgIpc) is 2.25. The molecular formula is C13H19NO4S. The van der Waals surface area contributed by atoms with Crippen molar-refractivity contribution in [3.8, 4) is 0 Å². The molecule has 2 N–H and O–H groups in total. The minimum Gasteiger partial charge on any atom is -0.481 e. The highest BCUT2D eigenvalue weighted by Gasteiger charge is 2.09. The summed E-state index contributed by atoms with van der Waals surface area (Å²) in [5, 5.41) is 11.8. The summed E-state index contributed by atoms with van der Waals surface area (Å²) in [6.07, 6.45) is 1.23. The SMILES string of the molecule is CC(CS(C)(=O)=O)NCc1ccc(CC(=O)O)cc1. The molecule has 6 heteroatoms. The van der Waals surface area contributed by atoms with Gasteiger partial charge in [-0.2, -0.15) is 0 Å². The second kappa shape index (κ2) is 6.68. The molecule has 1 aromatic carbocycles. The van der Waals surface area contributed by atoms with E-state index in [1.807, 2.05) is 19.1 Å². The third-order valence-electron chi connectivity index (χ3n) is 2.59. The minimum absolute atomic E-state index is 0.0121. The van der Waals surface area contributed by atoms with Gasteiger partial charge in [0.25, 0.3) is 0 Å². The monoisotopic (exact) mass is 285 g/mol. The van der Waals surface area contributed by atoms with Crippen molar-refractivity contribution in [2.45, 2.75) is 25.9 Å². The zero-order chi connectivity index (χ0) is 14.5. The highest BCUT2D eigenvalue weighted by Crippen LogP contribution is 2.05. The van der Waals surface area contributed by atoms with Crippen LogP contribution in [0.25, 0.3) is 0 Å². The lowest BCUT2D eigenvalue weighted by atomic mass is 10.1. The van der Waals surface area contributed by atoms with Crippen LogP contribution in [0.1, 0.15) is 18.1 Å². The van der Waals surface area contributed by atoms with Crippen LogP contribution >= 0.6 is 0 Å². The largest absolute Gasteiger partial charge is 0.481 e. The van der Waals surface area contributed by atoms with Gasteiger partial charge in [-0.3, -0.25) is 4.79 Å². The van der Waals surface area contributed by atoms with Crippen LogP contribution in [0.3, 0.4) is 0 Å². The van der Waals surface area contributed by atoms with Crippen LogP contribution in [0, 0.1) is 0 Å². The molecule has 0 bridgehead atoms. The fourth-order valence-corrected chi connectivity index (χ4v) is 2.78. The van der Waals surface area contributed by atoms with Crippen LogP contribution in [-0.4, -0.2) is 37.5 Å². The molecule has 0 aliphatic carbocycles. The van der Waals surface area contributed by atoms with Gasteiger partial charge in [0.2, 0.25) is 0 Å². The normalized spacial score (nSPS) is 13.2. The molecule has 1 unspecified atom stereocenters. The van der Waals surface area contributed by atoms with Crippen LogP contribution in [0.4, 0.5) is 0 Å². The topological polar surface area (TPSA) is 83.5 Å². The predicted molar refractivity (Wildman–Crippen MR) is 73.8 cm³/mol. The fourth-order valence-electron chi connectivity index (χ4n) is 1.75. The molecule has 1 rings (SSSR count). The van der Waals surface area contributed by atoms with E-state index < -0.39 is 15.8 Å². The summed E-state index contributed by atoms with van der Waals surface area (Å²) < 4.78 is 22.2. The first-order valence-corrected chi connectivity index (χ1v) is 8.03. The van der Waals surface area contributed by atoms with E-state index in [4.69, 9.17) is 5.11 Å². The van der Waals surface area contributed by atoms with Gasteiger partial charge in [-0.1, -0.05) is 24.3 Å². The number of carbonyl (C=O) groups is 1. The molecule has 0 aliphatic heterocycles. The van der Waals surface area contributed by atoms with Crippen molar-refractivity contribution in [2.75, 3.05) is 12.0 Å². The first-order chi connectivity index (χ1) is 8.76. The molecule has 0 radical (unpaired) electrons. The third-order valence-corrected chi connectivity index (χ3v) is 3.69. The van der Waals surface area contributed by atoms with Crippen LogP contribution in [0.15, 0.2) is 24.3 Å². The molecule has 0 saturated carbocycles. The molecule has 0 heterocycles. The number of carboxylic acids is 1. The molecular weight excluding hydrogens is 266 g/mol. The Hall–Kier alpha value is -1.40. The van der Waals surface area contributed by atoms with Crippen molar-refractivity contribution in [1.82, 2.24) is 5.32 Å². The Morgan fingerprint density at radius 2 is 1.79 bits per heavy atom. The van der Waals surface area contributed by atoms with Crippen molar-refractivity contribution in [3.05, 3.63) is 35.4 Å². The molecule has 5 nitrogen and oxygen atoms in total. The van der Waals surface area contributed by atoms with Crippen LogP contribution in [-0.2, 0) is 27.6 Å². The Bertz CT molecular complexity index is 522. The molecule has 106 valence electrons. The summed E-state index contributed by atoms with van der Waals surface area (Å²) >= 11 is 0. The van der Waals surface area contributed by atoms with Crippen LogP contribution in [0.2, 0.25) is 0 Å². The number of sulfone groups is 1. The summed E-state index contributed by atoms with van der Waals surface area (Å²) in [6.45, 7) is 2.38. The van der Waals surface area contributed by atoms with Gasteiger partial charge in [-0.05, 0) is 18.1 Å². The first-order valence-electron chi connectivity index (χ1n) is 5.97. The highest BCUT2D eigenvalue weighted by atomic mass is 32.2. The van der Waals surface area contributed by atoms with Crippen LogP contribution in [0.5, 0.6) is 0 Å². The molecule has 0 spiro atoms. The second-order valence-corrected chi connectivity index (χ2v) is 6.95. The minimum atomic E-state index is -2.98. The quantitative estimate of drug-likeness (QED) is 0.775. The summed E-state index contributed by atoms with van der Waals surface area (Å²) in [5.74, 6) is -0.753. The van der Waals surface area contributed by atoms with E-state index in [1.54, 1.807) is 12.1 Å². The average molecular weight is 285 g/mol. The Balaban J connectivity index is 2.48. The maximum atomic E-state index is 11.1. The number of benzene rings is 1. The lowest BCUT2D eigenvalue weighted by Crippen LogP contribution is -2.32. The summed E-state index contributed by atoms with van der Waals surface area (Å²) in [6, 6.07) is 7.11. The first kappa shape index (κ1) is 15.7. The zero-order valence-electron chi connectivity index (χ0n) is 11.1. The van der Waals surface area contributed by atoms with E-state index in [9.17, 15) is 13.2 Å². The number of hydrogen-bond donors (Lipinski definition) is 2. The predicted octanol–water partition coefficient (Wildman–Crippen LogP) is 0.836. The van der Waals surface area contributed by atoms with Gasteiger partial charge in [0, 0.05) is 18.8 Å². The van der Waals surface area contributed by atoms with Gasteiger partial charge in [0.1, 0.15) is 9.84 Å². The Morgan fingerprint density at radius 1 is 1.26 bits per heavy atom. The van der Waals surface area contributed by atoms with Gasteiger partial charge in [-0.25, -0.2) is 8.42 Å². The second-order valence-electron chi connectivity index (χ2n) is 4.76. The number of carboxylic acid groups (broad SMARTS) is 1. The smallest absolute Gasteiger partial charge is 0.307 e. The number of aliphatic carboxylic acids is 1. The van der Waals surface area contributed by atoms with Gasteiger partial charge in [-0.15, -0.1) is 0 Å². The Morgan fingerprint density at radius 3 is 2.26 bits per heavy atom. The van der Waals surface area contributed by atoms with Crippen molar-refractivity contribution in [3.63, 3.8) is 0 Å². The van der Waals surface area contributed by atoms with Gasteiger partial charge in [0.15, 0.2) is 0 Å². The van der Waals surface area contributed by atoms with E-state index in [-0.39, 0.29) is 18.2 Å². The maximum Gasteiger partial charge on any atom is 0.307 e. The Kier molecular flexibility index (Phi) is 5.50. The van der Waals surface area contributed by atoms with Crippen molar-refractivity contribution in [1.29, 1.82) is 0 Å². The lowest BCUT2D eigenvalue weighted by molar-refractivity contribution is -0.136. The Labute approximate surface area is 113 Å². The van der Waals surface area contributed by atoms with Gasteiger partial charge < -0.3 is 10.4 Å². The van der Waals surface area contributed by atoms with Crippen LogP contribution < -0.4 is 5.32 Å². The third kappa shape index (κ3) is 6.93. The van der Waals surface area contributed by atoms with E-state index in [2.05, 4.69) is 5.32 Å². The summed E-state index contributed by atoms with van der Waals surface area (Å²) in [5.41, 5.74) is 1.75. The number of hydrogen-bond acceptors (Lipinski definition) is 4. The molecule has 0 amide bonds. The zero-order valence-corrected chi connectivity index (χ0v) is 11.9. The summed E-state index contributed by atoms with van der Waals surface area (Å²) in [4.78, 5) is 10.5. The van der Waals surface area contributed by atoms with Gasteiger partial charge >= 0.3 is 5.97 Å². The maximum absolute atomic E-state index is 11.1. The highest BCUT2D eigenvalue weighted by molar-refractivity contribution is 7.90. The summed E-state index contributed by atoms with van der Waals surface area (Å²) in [7, 11) is -2.98. The molecule has 0 aliphatic rings. The number of rotatable bonds is 7. The van der Waals surface area contributed by atoms with E-state index in [0.29, 0.717) is 6.54 Å². The van der Waals surface area contributed by atoms with E-state index in [1.165, 1.54) is 6.26 Å². The molecule has 1 atom stereocenters. The lowest BCUT2D eigenvalue weighted by Gasteiger charge is -2.12. The molecule has 0 saturated heterocycles. The molecule has 0 fully saturated rings.